The summed E-state index contributed by atoms with van der Waals surface area (Å²) < 4.78 is 10.5. The lowest BCUT2D eigenvalue weighted by molar-refractivity contribution is -0.129. The minimum atomic E-state index is 0.153. The summed E-state index contributed by atoms with van der Waals surface area (Å²) in [5.74, 6) is 2.90. The number of methoxy groups -OCH3 is 1. The van der Waals surface area contributed by atoms with Crippen molar-refractivity contribution in [3.8, 4) is 17.1 Å². The Hall–Kier alpha value is -3.00. The first-order chi connectivity index (χ1) is 15.5. The van der Waals surface area contributed by atoms with Gasteiger partial charge in [-0.2, -0.15) is 4.98 Å². The van der Waals surface area contributed by atoms with Crippen molar-refractivity contribution in [3.63, 3.8) is 0 Å². The van der Waals surface area contributed by atoms with E-state index in [4.69, 9.17) is 9.26 Å². The number of hydrogen-bond donors (Lipinski definition) is 0. The van der Waals surface area contributed by atoms with Gasteiger partial charge in [0.1, 0.15) is 5.75 Å². The van der Waals surface area contributed by atoms with E-state index in [0.717, 1.165) is 30.9 Å². The lowest BCUT2D eigenvalue weighted by Gasteiger charge is -2.41. The van der Waals surface area contributed by atoms with E-state index in [9.17, 15) is 4.79 Å². The number of piperazine rings is 1. The predicted octanol–water partition coefficient (Wildman–Crippen LogP) is 4.02. The zero-order chi connectivity index (χ0) is 22.5. The molecule has 1 aromatic heterocycles. The van der Waals surface area contributed by atoms with Crippen LogP contribution in [0.4, 0.5) is 5.69 Å². The summed E-state index contributed by atoms with van der Waals surface area (Å²) in [7, 11) is 1.63. The Balaban J connectivity index is 1.25. The van der Waals surface area contributed by atoms with Crippen LogP contribution in [0, 0.1) is 6.92 Å². The number of hydrogen-bond acceptors (Lipinski definition) is 7. The van der Waals surface area contributed by atoms with Gasteiger partial charge in [0.2, 0.25) is 17.6 Å². The minimum Gasteiger partial charge on any atom is -0.497 e. The summed E-state index contributed by atoms with van der Waals surface area (Å²) in [6, 6.07) is 16.4. The highest BCUT2D eigenvalue weighted by Crippen LogP contribution is 2.23. The van der Waals surface area contributed by atoms with Crippen LogP contribution < -0.4 is 9.64 Å². The van der Waals surface area contributed by atoms with E-state index in [1.807, 2.05) is 29.2 Å². The van der Waals surface area contributed by atoms with Gasteiger partial charge in [0.25, 0.3) is 0 Å². The van der Waals surface area contributed by atoms with Crippen LogP contribution in [-0.4, -0.2) is 59.5 Å². The Morgan fingerprint density at radius 1 is 1.16 bits per heavy atom. The Kier molecular flexibility index (Phi) is 6.99. The molecule has 1 saturated heterocycles. The van der Waals surface area contributed by atoms with E-state index in [1.165, 1.54) is 23.0 Å². The fraction of sp³-hybridized carbons (Fsp3) is 0.375. The Morgan fingerprint density at radius 2 is 1.91 bits per heavy atom. The molecule has 1 aliphatic rings. The van der Waals surface area contributed by atoms with Crippen LogP contribution >= 0.6 is 11.8 Å². The van der Waals surface area contributed by atoms with Crippen molar-refractivity contribution in [1.29, 1.82) is 0 Å². The maximum Gasteiger partial charge on any atom is 0.236 e. The van der Waals surface area contributed by atoms with Crippen molar-refractivity contribution in [3.05, 3.63) is 60.0 Å². The molecule has 0 radical (unpaired) electrons. The molecule has 0 spiro atoms. The number of carbonyl (C=O) groups is 1. The third kappa shape index (κ3) is 5.24. The fourth-order valence-electron chi connectivity index (χ4n) is 3.79. The molecular weight excluding hydrogens is 424 g/mol. The van der Waals surface area contributed by atoms with Gasteiger partial charge in [-0.15, -0.1) is 11.8 Å². The maximum absolute atomic E-state index is 12.7. The second-order valence-electron chi connectivity index (χ2n) is 7.95. The Bertz CT molecular complexity index is 1040. The van der Waals surface area contributed by atoms with Crippen molar-refractivity contribution in [1.82, 2.24) is 15.0 Å². The first-order valence-corrected chi connectivity index (χ1v) is 11.8. The number of carbonyl (C=O) groups excluding carboxylic acids is 1. The summed E-state index contributed by atoms with van der Waals surface area (Å²) in [5.41, 5.74) is 3.33. The predicted molar refractivity (Wildman–Crippen MR) is 127 cm³/mol. The van der Waals surface area contributed by atoms with E-state index >= 15 is 0 Å². The molecule has 168 valence electrons. The third-order valence-electron chi connectivity index (χ3n) is 5.61. The maximum atomic E-state index is 12.7. The summed E-state index contributed by atoms with van der Waals surface area (Å²) in [6.07, 6.45) is 0. The van der Waals surface area contributed by atoms with Crippen LogP contribution in [0.3, 0.4) is 0 Å². The first kappa shape index (κ1) is 22.2. The van der Waals surface area contributed by atoms with Crippen molar-refractivity contribution in [2.24, 2.45) is 0 Å². The van der Waals surface area contributed by atoms with Crippen LogP contribution in [-0.2, 0) is 10.5 Å². The number of thioether (sulfide) groups is 1. The number of nitrogens with zero attached hydrogens (tertiary/aromatic N) is 4. The van der Waals surface area contributed by atoms with Crippen LogP contribution in [0.15, 0.2) is 53.1 Å². The molecule has 1 fully saturated rings. The van der Waals surface area contributed by atoms with Crippen molar-refractivity contribution in [2.45, 2.75) is 25.6 Å². The number of aryl methyl sites for hydroxylation is 1. The second kappa shape index (κ2) is 10.1. The van der Waals surface area contributed by atoms with Gasteiger partial charge in [-0.3, -0.25) is 4.79 Å². The molecule has 0 N–H and O–H groups in total. The zero-order valence-electron chi connectivity index (χ0n) is 18.7. The summed E-state index contributed by atoms with van der Waals surface area (Å²) in [4.78, 5) is 21.5. The quantitative estimate of drug-likeness (QED) is 0.536. The summed E-state index contributed by atoms with van der Waals surface area (Å²) >= 11 is 1.50. The van der Waals surface area contributed by atoms with Crippen molar-refractivity contribution >= 4 is 23.4 Å². The van der Waals surface area contributed by atoms with Crippen molar-refractivity contribution < 1.29 is 14.1 Å². The molecule has 0 bridgehead atoms. The average Bonchev–Trinajstić information content (AvgIpc) is 3.28. The normalized spacial score (nSPS) is 16.3. The van der Waals surface area contributed by atoms with E-state index in [-0.39, 0.29) is 11.9 Å². The SMILES string of the molecule is COc1ccc(-c2noc(CSCC(=O)N3CCN(c4ccc(C)cc4)[C@H](C)C3)n2)cc1. The Labute approximate surface area is 192 Å². The zero-order valence-corrected chi connectivity index (χ0v) is 19.5. The molecule has 2 heterocycles. The molecular formula is C24H28N4O3S. The van der Waals surface area contributed by atoms with E-state index in [0.29, 0.717) is 23.2 Å². The molecule has 7 nitrogen and oxygen atoms in total. The lowest BCUT2D eigenvalue weighted by atomic mass is 10.1. The topological polar surface area (TPSA) is 71.7 Å². The number of ether oxygens (including phenoxy) is 1. The number of anilines is 1. The van der Waals surface area contributed by atoms with Crippen LogP contribution in [0.5, 0.6) is 5.75 Å². The van der Waals surface area contributed by atoms with Crippen LogP contribution in [0.25, 0.3) is 11.4 Å². The van der Waals surface area contributed by atoms with Gasteiger partial charge in [-0.1, -0.05) is 22.9 Å². The molecule has 8 heteroatoms. The van der Waals surface area contributed by atoms with Gasteiger partial charge in [-0.25, -0.2) is 0 Å². The molecule has 0 aliphatic carbocycles. The largest absolute Gasteiger partial charge is 0.497 e. The molecule has 0 unspecified atom stereocenters. The molecule has 4 rings (SSSR count). The van der Waals surface area contributed by atoms with E-state index in [1.54, 1.807) is 7.11 Å². The standard InChI is InChI=1S/C24H28N4O3S/c1-17-4-8-20(9-5-17)28-13-12-27(14-18(28)2)23(29)16-32-15-22-25-24(26-31-22)19-6-10-21(30-3)11-7-19/h4-11,18H,12-16H2,1-3H3/t18-/m1/s1. The smallest absolute Gasteiger partial charge is 0.236 e. The number of amides is 1. The summed E-state index contributed by atoms with van der Waals surface area (Å²) in [6.45, 7) is 6.58. The third-order valence-corrected chi connectivity index (χ3v) is 6.52. The molecule has 32 heavy (non-hydrogen) atoms. The number of rotatable bonds is 7. The first-order valence-electron chi connectivity index (χ1n) is 10.7. The summed E-state index contributed by atoms with van der Waals surface area (Å²) in [5, 5.41) is 4.04. The highest BCUT2D eigenvalue weighted by molar-refractivity contribution is 7.99. The molecule has 3 aromatic rings. The average molecular weight is 453 g/mol. The molecule has 1 atom stereocenters. The van der Waals surface area contributed by atoms with Gasteiger partial charge in [0, 0.05) is 36.9 Å². The molecule has 1 aliphatic heterocycles. The van der Waals surface area contributed by atoms with Crippen LogP contribution in [0.2, 0.25) is 0 Å². The van der Waals surface area contributed by atoms with E-state index < -0.39 is 0 Å². The molecule has 1 amide bonds. The molecule has 2 aromatic carbocycles. The van der Waals surface area contributed by atoms with Gasteiger partial charge < -0.3 is 19.1 Å². The molecule has 0 saturated carbocycles. The number of aromatic nitrogens is 2. The second-order valence-corrected chi connectivity index (χ2v) is 8.94. The highest BCUT2D eigenvalue weighted by Gasteiger charge is 2.26. The van der Waals surface area contributed by atoms with Gasteiger partial charge in [0.05, 0.1) is 18.6 Å². The fourth-order valence-corrected chi connectivity index (χ4v) is 4.54. The van der Waals surface area contributed by atoms with Gasteiger partial charge in [0.15, 0.2) is 0 Å². The highest BCUT2D eigenvalue weighted by atomic mass is 32.2. The van der Waals surface area contributed by atoms with Gasteiger partial charge in [-0.05, 0) is 50.2 Å². The lowest BCUT2D eigenvalue weighted by Crippen LogP contribution is -2.54. The Morgan fingerprint density at radius 3 is 2.59 bits per heavy atom. The monoisotopic (exact) mass is 452 g/mol. The number of benzene rings is 2. The minimum absolute atomic E-state index is 0.153. The van der Waals surface area contributed by atoms with Crippen LogP contribution in [0.1, 0.15) is 18.4 Å². The van der Waals surface area contributed by atoms with Gasteiger partial charge >= 0.3 is 0 Å². The van der Waals surface area contributed by atoms with Crippen molar-refractivity contribution in [2.75, 3.05) is 37.4 Å². The van der Waals surface area contributed by atoms with E-state index in [2.05, 4.69) is 53.2 Å².